The Morgan fingerprint density at radius 3 is 0.677 bits per heavy atom. The maximum Gasteiger partial charge on any atom is 0.582 e. The molecule has 0 spiro atoms. The highest BCUT2D eigenvalue weighted by Crippen LogP contribution is 2.47. The fourth-order valence-corrected chi connectivity index (χ4v) is 23.4. The summed E-state index contributed by atoms with van der Waals surface area (Å²) in [6.45, 7) is 13.0. The van der Waals surface area contributed by atoms with Crippen LogP contribution in [0.5, 0.6) is 0 Å². The summed E-state index contributed by atoms with van der Waals surface area (Å²) >= 11 is 0. The van der Waals surface area contributed by atoms with Crippen molar-refractivity contribution in [1.29, 1.82) is 0 Å². The van der Waals surface area contributed by atoms with Crippen LogP contribution < -0.4 is 11.0 Å². The molecule has 6 aromatic heterocycles. The van der Waals surface area contributed by atoms with Crippen molar-refractivity contribution in [3.8, 4) is 90.1 Å². The van der Waals surface area contributed by atoms with Crippen LogP contribution in [0.1, 0.15) is 22.8 Å². The average molecular weight is 1340 g/mol. The van der Waals surface area contributed by atoms with Crippen LogP contribution in [-0.4, -0.2) is 97.2 Å². The summed E-state index contributed by atoms with van der Waals surface area (Å²) in [6, 6.07) is 80.6. The van der Waals surface area contributed by atoms with Crippen LogP contribution in [0.3, 0.4) is 0 Å². The Morgan fingerprint density at radius 1 is 0.232 bits per heavy atom. The molecular formula is C78H58N16O2Si3. The first-order chi connectivity index (χ1) is 48.3. The van der Waals surface area contributed by atoms with Gasteiger partial charge in [0.2, 0.25) is 0 Å². The summed E-state index contributed by atoms with van der Waals surface area (Å²) in [6.07, 6.45) is 0. The lowest BCUT2D eigenvalue weighted by Gasteiger charge is -2.41. The minimum atomic E-state index is -4.92. The molecule has 18 rings (SSSR count). The number of fused-ring (bicyclic) bond motifs is 14. The minimum Gasteiger partial charge on any atom is -0.404 e. The Balaban J connectivity index is 1.11. The first kappa shape index (κ1) is 59.5. The molecule has 6 bridgehead atoms. The van der Waals surface area contributed by atoms with Gasteiger partial charge in [0, 0.05) is 44.5 Å². The van der Waals surface area contributed by atoms with Crippen molar-refractivity contribution in [3.63, 3.8) is 0 Å². The summed E-state index contributed by atoms with van der Waals surface area (Å²) in [5, 5.41) is 0. The molecular weight excluding hydrogens is 1280 g/mol. The maximum atomic E-state index is 8.35. The number of hydrogen-bond donors (Lipinski definition) is 0. The third-order valence-electron chi connectivity index (χ3n) is 17.2. The maximum absolute atomic E-state index is 8.35. The van der Waals surface area contributed by atoms with Crippen LogP contribution >= 0.6 is 0 Å². The van der Waals surface area contributed by atoms with E-state index in [2.05, 4.69) is 39.3 Å². The Labute approximate surface area is 571 Å². The van der Waals surface area contributed by atoms with Crippen LogP contribution in [0.15, 0.2) is 273 Å². The van der Waals surface area contributed by atoms with Gasteiger partial charge in [-0.2, -0.15) is 0 Å². The lowest BCUT2D eigenvalue weighted by atomic mass is 10.0. The van der Waals surface area contributed by atoms with Gasteiger partial charge in [0.05, 0.1) is 45.6 Å². The Bertz CT molecular complexity index is 5560. The highest BCUT2D eigenvalue weighted by atomic mass is 28.5. The zero-order chi connectivity index (χ0) is 66.7. The van der Waals surface area contributed by atoms with Crippen LogP contribution in [0.4, 0.5) is 11.6 Å². The molecule has 4 aliphatic rings. The molecule has 4 aliphatic heterocycles. The lowest BCUT2D eigenvalue weighted by Crippen LogP contribution is -2.69. The molecule has 0 saturated heterocycles. The van der Waals surface area contributed by atoms with Crippen molar-refractivity contribution in [2.45, 2.75) is 39.3 Å². The zero-order valence-electron chi connectivity index (χ0n) is 54.6. The molecule has 0 unspecified atom stereocenters. The first-order valence-electron chi connectivity index (χ1n) is 32.7. The van der Waals surface area contributed by atoms with Gasteiger partial charge in [0.15, 0.2) is 62.6 Å². The summed E-state index contributed by atoms with van der Waals surface area (Å²) < 4.78 is 20.7. The van der Waals surface area contributed by atoms with Gasteiger partial charge in [0.1, 0.15) is 44.8 Å². The summed E-state index contributed by atoms with van der Waals surface area (Å²) in [4.78, 5) is 80.8. The van der Waals surface area contributed by atoms with E-state index >= 15 is 0 Å². The van der Waals surface area contributed by atoms with Crippen molar-refractivity contribution >= 4 is 82.6 Å². The van der Waals surface area contributed by atoms with Crippen molar-refractivity contribution in [1.82, 2.24) is 48.3 Å². The van der Waals surface area contributed by atoms with E-state index in [9.17, 15) is 0 Å². The van der Waals surface area contributed by atoms with E-state index in [1.807, 2.05) is 251 Å². The van der Waals surface area contributed by atoms with Crippen molar-refractivity contribution in [3.05, 3.63) is 276 Å². The molecule has 0 saturated carbocycles. The normalized spacial score (nSPS) is 14.1. The Hall–Kier alpha value is -12.0. The van der Waals surface area contributed by atoms with Crippen molar-refractivity contribution in [2.24, 2.45) is 30.0 Å². The van der Waals surface area contributed by atoms with Gasteiger partial charge < -0.3 is 8.23 Å². The molecule has 0 amide bonds. The molecule has 0 radical (unpaired) electrons. The van der Waals surface area contributed by atoms with Gasteiger partial charge in [-0.3, -0.25) is 8.47 Å². The predicted molar refractivity (Wildman–Crippen MR) is 396 cm³/mol. The number of aromatic nitrogens is 10. The summed E-state index contributed by atoms with van der Waals surface area (Å²) in [5.74, 6) is 1.35. The largest absolute Gasteiger partial charge is 0.582 e. The van der Waals surface area contributed by atoms with Crippen LogP contribution in [0.25, 0.3) is 112 Å². The van der Waals surface area contributed by atoms with E-state index in [1.165, 1.54) is 0 Å². The molecule has 0 N–H and O–H groups in total. The fourth-order valence-electron chi connectivity index (χ4n) is 13.2. The van der Waals surface area contributed by atoms with Crippen LogP contribution in [0.2, 0.25) is 39.3 Å². The third-order valence-corrected chi connectivity index (χ3v) is 26.2. The number of hydrogen-bond acceptors (Lipinski definition) is 16. The molecule has 14 aromatic rings. The van der Waals surface area contributed by atoms with Crippen LogP contribution in [-0.2, 0) is 8.23 Å². The number of nitrogens with zero attached hydrogens (tertiary/aromatic N) is 16. The molecule has 21 heteroatoms. The quantitative estimate of drug-likeness (QED) is 0.106. The second-order valence-electron chi connectivity index (χ2n) is 26.3. The van der Waals surface area contributed by atoms with Gasteiger partial charge in [-0.1, -0.05) is 243 Å². The molecule has 0 atom stereocenters. The third kappa shape index (κ3) is 10.2. The lowest BCUT2D eigenvalue weighted by molar-refractivity contribution is 0.340. The SMILES string of the molecule is C[Si](C)(C)O[Si]1(O[Si](C)(C)C)n2c3c4nc(-c5ccccc5)c(-c5ccccc5)nc4c2N=C2N=C(N=c4c5nc(-c6ccccc6)c(-c6ccccc6)nc5c(n41)=NC1=NC(=N3)c3nc(-c4ccccc4)c(-c4ccccc4)nc31)c1nc(-c3ccccc3)c(-c3ccccc3)nc12. The van der Waals surface area contributed by atoms with Gasteiger partial charge in [-0.25, -0.2) is 69.8 Å². The number of amidine groups is 4. The molecule has 18 nitrogen and oxygen atoms in total. The van der Waals surface area contributed by atoms with E-state index in [4.69, 9.17) is 78.1 Å². The van der Waals surface area contributed by atoms with Gasteiger partial charge >= 0.3 is 8.88 Å². The standard InChI is InChI=1S/C78H58N16O2Si3/c1-97(2,3)95-99(96-98(4,5)6)93-75-67-68(84-60(52-41-25-12-26-42-52)59(83-67)51-39-23-11-24-40-51)77(93)91-73-65-66(82-58(50-37-21-10-22-38-50)57(81-65)49-35-19-9-20-36-49)74(88-73)92-78-70-69(85-61(53-43-27-13-28-44-53)62(86-70)54-45-29-14-30-46-54)76(94(78)99)90-72-64-63(71(87-72)89-75)79-55(47-31-15-7-16-32-47)56(80-64)48-33-17-8-18-34-48/h7-46H,1-6H3. The number of aliphatic imine (C=N–C) groups is 4. The molecule has 474 valence electrons. The highest BCUT2D eigenvalue weighted by molar-refractivity contribution is 6.87. The number of benzene rings is 8. The summed E-state index contributed by atoms with van der Waals surface area (Å²) in [7, 11) is -11.0. The average Bonchev–Trinajstić information content (AvgIpc) is 1.52. The Kier molecular flexibility index (Phi) is 13.9. The van der Waals surface area contributed by atoms with Crippen molar-refractivity contribution < 1.29 is 8.23 Å². The fraction of sp³-hybridized carbons (Fsp3) is 0.0769. The van der Waals surface area contributed by atoms with Gasteiger partial charge in [0.25, 0.3) is 0 Å². The predicted octanol–water partition coefficient (Wildman–Crippen LogP) is 15.6. The highest BCUT2D eigenvalue weighted by Gasteiger charge is 2.58. The van der Waals surface area contributed by atoms with E-state index < -0.39 is 25.5 Å². The van der Waals surface area contributed by atoms with Crippen molar-refractivity contribution in [2.75, 3.05) is 0 Å². The van der Waals surface area contributed by atoms with Gasteiger partial charge in [-0.15, -0.1) is 0 Å². The second kappa shape index (κ2) is 23.1. The topological polar surface area (TPSA) is 206 Å². The van der Waals surface area contributed by atoms with E-state index in [0.717, 1.165) is 44.5 Å². The molecule has 10 heterocycles. The number of rotatable bonds is 12. The monoisotopic (exact) mass is 1330 g/mol. The van der Waals surface area contributed by atoms with Gasteiger partial charge in [-0.05, 0) is 39.3 Å². The molecule has 8 aromatic carbocycles. The zero-order valence-corrected chi connectivity index (χ0v) is 57.6. The minimum absolute atomic E-state index is 0.203. The summed E-state index contributed by atoms with van der Waals surface area (Å²) in [5.41, 5.74) is 14.9. The van der Waals surface area contributed by atoms with E-state index in [1.54, 1.807) is 0 Å². The van der Waals surface area contributed by atoms with E-state index in [0.29, 0.717) is 90.4 Å². The molecule has 0 aliphatic carbocycles. The second-order valence-corrected chi connectivity index (χ2v) is 38.4. The molecule has 99 heavy (non-hydrogen) atoms. The van der Waals surface area contributed by atoms with E-state index in [-0.39, 0.29) is 46.0 Å². The first-order valence-corrected chi connectivity index (χ1v) is 41.2. The van der Waals surface area contributed by atoms with Crippen LogP contribution in [0, 0.1) is 0 Å². The smallest absolute Gasteiger partial charge is 0.404 e. The Morgan fingerprint density at radius 2 is 0.444 bits per heavy atom. The molecule has 0 fully saturated rings.